The summed E-state index contributed by atoms with van der Waals surface area (Å²) >= 11 is 1.73. The number of benzene rings is 1. The van der Waals surface area contributed by atoms with E-state index in [9.17, 15) is 13.2 Å². The van der Waals surface area contributed by atoms with Gasteiger partial charge in [0.2, 0.25) is 10.0 Å². The average molecular weight is 465 g/mol. The Labute approximate surface area is 189 Å². The Hall–Kier alpha value is -1.94. The van der Waals surface area contributed by atoms with Crippen LogP contribution in [-0.4, -0.2) is 46.0 Å². The number of sulfonamides is 1. The maximum absolute atomic E-state index is 12.4. The van der Waals surface area contributed by atoms with Gasteiger partial charge in [0, 0.05) is 18.0 Å². The van der Waals surface area contributed by atoms with E-state index in [0.29, 0.717) is 18.7 Å². The maximum atomic E-state index is 12.4. The Morgan fingerprint density at radius 2 is 1.81 bits per heavy atom. The van der Waals surface area contributed by atoms with Crippen LogP contribution < -0.4 is 15.4 Å². The van der Waals surface area contributed by atoms with Crippen molar-refractivity contribution in [2.75, 3.05) is 26.7 Å². The van der Waals surface area contributed by atoms with Gasteiger partial charge < -0.3 is 10.6 Å². The number of carbonyl (C=O) groups is 1. The lowest BCUT2D eigenvalue weighted by atomic mass is 9.97. The molecular formula is C22H32N4O3S2. The number of hydrogen-bond donors (Lipinski definition) is 3. The van der Waals surface area contributed by atoms with Gasteiger partial charge in [-0.2, -0.15) is 0 Å². The van der Waals surface area contributed by atoms with Crippen LogP contribution in [0.2, 0.25) is 0 Å². The van der Waals surface area contributed by atoms with Gasteiger partial charge in [-0.15, -0.1) is 11.3 Å². The van der Waals surface area contributed by atoms with Gasteiger partial charge in [0.1, 0.15) is 0 Å². The Bertz CT molecular complexity index is 922. The molecule has 2 heterocycles. The van der Waals surface area contributed by atoms with Crippen LogP contribution in [0.5, 0.6) is 0 Å². The summed E-state index contributed by atoms with van der Waals surface area (Å²) in [5, 5.41) is 8.00. The molecule has 2 aromatic rings. The quantitative estimate of drug-likeness (QED) is 0.532. The molecule has 0 saturated carbocycles. The van der Waals surface area contributed by atoms with Crippen LogP contribution in [0.3, 0.4) is 0 Å². The SMILES string of the molecule is CNS(=O)(=O)Cc1ccc(CNC(=O)NCC(c2cccs2)N2CCC(C)CC2)cc1. The lowest BCUT2D eigenvalue weighted by Gasteiger charge is -2.36. The fourth-order valence-electron chi connectivity index (χ4n) is 3.71. The normalized spacial score (nSPS) is 16.7. The number of nitrogens with one attached hydrogen (secondary N) is 3. The molecule has 2 amide bonds. The highest BCUT2D eigenvalue weighted by molar-refractivity contribution is 7.88. The number of piperidine rings is 1. The summed E-state index contributed by atoms with van der Waals surface area (Å²) in [5.74, 6) is 0.707. The molecular weight excluding hydrogens is 432 g/mol. The summed E-state index contributed by atoms with van der Waals surface area (Å²) in [7, 11) is -1.89. The molecule has 7 nitrogen and oxygen atoms in total. The Kier molecular flexibility index (Phi) is 8.48. The molecule has 3 N–H and O–H groups in total. The van der Waals surface area contributed by atoms with Crippen molar-refractivity contribution in [3.63, 3.8) is 0 Å². The van der Waals surface area contributed by atoms with Gasteiger partial charge in [-0.3, -0.25) is 4.90 Å². The smallest absolute Gasteiger partial charge is 0.315 e. The van der Waals surface area contributed by atoms with Crippen molar-refractivity contribution in [3.05, 3.63) is 57.8 Å². The first-order valence-electron chi connectivity index (χ1n) is 10.6. The minimum absolute atomic E-state index is 0.0585. The molecule has 0 aliphatic carbocycles. The number of thiophene rings is 1. The summed E-state index contributed by atoms with van der Waals surface area (Å²) in [5.41, 5.74) is 1.62. The number of nitrogens with zero attached hydrogens (tertiary/aromatic N) is 1. The highest BCUT2D eigenvalue weighted by Crippen LogP contribution is 2.29. The molecule has 1 atom stereocenters. The highest BCUT2D eigenvalue weighted by Gasteiger charge is 2.25. The zero-order chi connectivity index (χ0) is 22.3. The second-order valence-electron chi connectivity index (χ2n) is 8.09. The van der Waals surface area contributed by atoms with E-state index in [-0.39, 0.29) is 17.8 Å². The van der Waals surface area contributed by atoms with E-state index in [2.05, 4.69) is 44.7 Å². The summed E-state index contributed by atoms with van der Waals surface area (Å²) in [4.78, 5) is 16.1. The molecule has 1 aliphatic heterocycles. The Morgan fingerprint density at radius 3 is 2.42 bits per heavy atom. The number of urea groups is 1. The first kappa shape index (κ1) is 23.7. The molecule has 31 heavy (non-hydrogen) atoms. The maximum Gasteiger partial charge on any atom is 0.315 e. The first-order valence-corrected chi connectivity index (χ1v) is 13.2. The number of rotatable bonds is 9. The van der Waals surface area contributed by atoms with E-state index in [0.717, 1.165) is 24.6 Å². The van der Waals surface area contributed by atoms with Crippen LogP contribution >= 0.6 is 11.3 Å². The lowest BCUT2D eigenvalue weighted by Crippen LogP contribution is -2.44. The van der Waals surface area contributed by atoms with Crippen LogP contribution in [0.25, 0.3) is 0 Å². The molecule has 1 aromatic carbocycles. The average Bonchev–Trinajstić information content (AvgIpc) is 3.29. The van der Waals surface area contributed by atoms with Crippen molar-refractivity contribution >= 4 is 27.4 Å². The predicted molar refractivity (Wildman–Crippen MR) is 125 cm³/mol. The Balaban J connectivity index is 1.49. The molecule has 0 bridgehead atoms. The van der Waals surface area contributed by atoms with E-state index >= 15 is 0 Å². The number of amides is 2. The Morgan fingerprint density at radius 1 is 1.13 bits per heavy atom. The van der Waals surface area contributed by atoms with Gasteiger partial charge in [-0.1, -0.05) is 37.3 Å². The number of likely N-dealkylation sites (tertiary alicyclic amines) is 1. The largest absolute Gasteiger partial charge is 0.336 e. The number of carbonyl (C=O) groups excluding carboxylic acids is 1. The number of hydrogen-bond acceptors (Lipinski definition) is 5. The molecule has 9 heteroatoms. The van der Waals surface area contributed by atoms with Crippen LogP contribution in [0.15, 0.2) is 41.8 Å². The molecule has 1 aromatic heterocycles. The minimum atomic E-state index is -3.29. The van der Waals surface area contributed by atoms with E-state index in [1.165, 1.54) is 24.8 Å². The molecule has 1 unspecified atom stereocenters. The monoisotopic (exact) mass is 464 g/mol. The van der Waals surface area contributed by atoms with Crippen LogP contribution in [0, 0.1) is 5.92 Å². The van der Waals surface area contributed by atoms with Crippen molar-refractivity contribution in [1.82, 2.24) is 20.3 Å². The van der Waals surface area contributed by atoms with Crippen molar-refractivity contribution < 1.29 is 13.2 Å². The first-order chi connectivity index (χ1) is 14.9. The fourth-order valence-corrected chi connectivity index (χ4v) is 5.35. The van der Waals surface area contributed by atoms with Gasteiger partial charge in [-0.05, 0) is 61.5 Å². The highest BCUT2D eigenvalue weighted by atomic mass is 32.2. The van der Waals surface area contributed by atoms with Crippen molar-refractivity contribution in [2.45, 2.75) is 38.1 Å². The topological polar surface area (TPSA) is 90.5 Å². The van der Waals surface area contributed by atoms with E-state index in [4.69, 9.17) is 0 Å². The third-order valence-corrected chi connectivity index (χ3v) is 8.04. The second kappa shape index (κ2) is 11.1. The van der Waals surface area contributed by atoms with E-state index in [1.54, 1.807) is 23.5 Å². The summed E-state index contributed by atoms with van der Waals surface area (Å²) in [6.45, 7) is 5.37. The molecule has 1 fully saturated rings. The van der Waals surface area contributed by atoms with Gasteiger partial charge in [0.25, 0.3) is 0 Å². The summed E-state index contributed by atoms with van der Waals surface area (Å²) in [6.07, 6.45) is 2.39. The van der Waals surface area contributed by atoms with Crippen molar-refractivity contribution in [1.29, 1.82) is 0 Å². The standard InChI is InChI=1S/C22H32N4O3S2/c1-17-9-11-26(12-10-17)20(21-4-3-13-30-21)15-25-22(27)24-14-18-5-7-19(8-6-18)16-31(28,29)23-2/h3-8,13,17,20,23H,9-12,14-16H2,1-2H3,(H2,24,25,27). The van der Waals surface area contributed by atoms with Gasteiger partial charge in [0.15, 0.2) is 0 Å². The minimum Gasteiger partial charge on any atom is -0.336 e. The van der Waals surface area contributed by atoms with Gasteiger partial charge >= 0.3 is 6.03 Å². The molecule has 0 radical (unpaired) electrons. The summed E-state index contributed by atoms with van der Waals surface area (Å²) < 4.78 is 25.6. The molecule has 1 saturated heterocycles. The van der Waals surface area contributed by atoms with Crippen LogP contribution in [0.1, 0.15) is 41.8 Å². The predicted octanol–water partition coefficient (Wildman–Crippen LogP) is 3.07. The van der Waals surface area contributed by atoms with E-state index in [1.807, 2.05) is 12.1 Å². The zero-order valence-electron chi connectivity index (χ0n) is 18.1. The third kappa shape index (κ3) is 7.31. The lowest BCUT2D eigenvalue weighted by molar-refractivity contribution is 0.138. The van der Waals surface area contributed by atoms with E-state index < -0.39 is 10.0 Å². The second-order valence-corrected chi connectivity index (χ2v) is 11.0. The third-order valence-electron chi connectivity index (χ3n) is 5.73. The summed E-state index contributed by atoms with van der Waals surface area (Å²) in [6, 6.07) is 11.4. The molecule has 170 valence electrons. The van der Waals surface area contributed by atoms with Crippen molar-refractivity contribution in [3.8, 4) is 0 Å². The molecule has 1 aliphatic rings. The van der Waals surface area contributed by atoms with Gasteiger partial charge in [0.05, 0.1) is 11.8 Å². The fraction of sp³-hybridized carbons (Fsp3) is 0.500. The van der Waals surface area contributed by atoms with Crippen LogP contribution in [-0.2, 0) is 22.3 Å². The molecule has 0 spiro atoms. The van der Waals surface area contributed by atoms with Crippen LogP contribution in [0.4, 0.5) is 4.79 Å². The molecule has 3 rings (SSSR count). The van der Waals surface area contributed by atoms with Crippen molar-refractivity contribution in [2.24, 2.45) is 5.92 Å². The van der Waals surface area contributed by atoms with Gasteiger partial charge in [-0.25, -0.2) is 17.9 Å². The zero-order valence-corrected chi connectivity index (χ0v) is 19.8.